The summed E-state index contributed by atoms with van der Waals surface area (Å²) < 4.78 is 5.35. The van der Waals surface area contributed by atoms with Crippen molar-refractivity contribution in [3.63, 3.8) is 0 Å². The topological polar surface area (TPSA) is 62.9 Å². The van der Waals surface area contributed by atoms with Crippen LogP contribution in [0.3, 0.4) is 0 Å². The SMILES string of the molecule is CC(C)(C)c1ccc(CN=C(N)NCCCN2CCOCC2)cc1. The summed E-state index contributed by atoms with van der Waals surface area (Å²) >= 11 is 0. The molecule has 134 valence electrons. The summed E-state index contributed by atoms with van der Waals surface area (Å²) in [6, 6.07) is 8.62. The molecular formula is C19H32N4O. The van der Waals surface area contributed by atoms with Crippen molar-refractivity contribution in [2.75, 3.05) is 39.4 Å². The summed E-state index contributed by atoms with van der Waals surface area (Å²) in [4.78, 5) is 6.85. The second kappa shape index (κ2) is 9.04. The second-order valence-corrected chi connectivity index (χ2v) is 7.38. The highest BCUT2D eigenvalue weighted by Crippen LogP contribution is 2.22. The summed E-state index contributed by atoms with van der Waals surface area (Å²) in [5, 5.41) is 3.20. The molecule has 1 aliphatic heterocycles. The van der Waals surface area contributed by atoms with E-state index in [0.29, 0.717) is 12.5 Å². The molecule has 0 amide bonds. The molecule has 2 rings (SSSR count). The lowest BCUT2D eigenvalue weighted by Gasteiger charge is -2.26. The molecule has 0 spiro atoms. The van der Waals surface area contributed by atoms with Crippen molar-refractivity contribution in [3.8, 4) is 0 Å². The fraction of sp³-hybridized carbons (Fsp3) is 0.632. The quantitative estimate of drug-likeness (QED) is 0.476. The molecule has 24 heavy (non-hydrogen) atoms. The van der Waals surface area contributed by atoms with Gasteiger partial charge in [0.25, 0.3) is 0 Å². The first-order chi connectivity index (χ1) is 11.4. The molecule has 0 unspecified atom stereocenters. The molecule has 1 fully saturated rings. The summed E-state index contributed by atoms with van der Waals surface area (Å²) in [6.45, 7) is 13.0. The van der Waals surface area contributed by atoms with Crippen molar-refractivity contribution >= 4 is 5.96 Å². The number of nitrogens with one attached hydrogen (secondary N) is 1. The third kappa shape index (κ3) is 6.49. The van der Waals surface area contributed by atoms with Crippen LogP contribution in [0, 0.1) is 0 Å². The highest BCUT2D eigenvalue weighted by Gasteiger charge is 2.12. The summed E-state index contributed by atoms with van der Waals surface area (Å²) in [5.74, 6) is 0.525. The van der Waals surface area contributed by atoms with E-state index in [2.05, 4.69) is 60.2 Å². The van der Waals surface area contributed by atoms with E-state index < -0.39 is 0 Å². The molecule has 1 heterocycles. The fourth-order valence-corrected chi connectivity index (χ4v) is 2.69. The van der Waals surface area contributed by atoms with Gasteiger partial charge in [-0.3, -0.25) is 4.90 Å². The van der Waals surface area contributed by atoms with Crippen LogP contribution in [0.25, 0.3) is 0 Å². The molecule has 0 atom stereocenters. The lowest BCUT2D eigenvalue weighted by Crippen LogP contribution is -2.39. The molecule has 1 aromatic rings. The maximum Gasteiger partial charge on any atom is 0.188 e. The Morgan fingerprint density at radius 3 is 2.50 bits per heavy atom. The van der Waals surface area contributed by atoms with Crippen LogP contribution in [0.4, 0.5) is 0 Å². The van der Waals surface area contributed by atoms with E-state index in [-0.39, 0.29) is 5.41 Å². The van der Waals surface area contributed by atoms with Gasteiger partial charge in [-0.2, -0.15) is 0 Å². The standard InChI is InChI=1S/C19H32N4O/c1-19(2,3)17-7-5-16(6-8-17)15-22-18(20)21-9-4-10-23-11-13-24-14-12-23/h5-8H,4,9-15H2,1-3H3,(H3,20,21,22). The maximum atomic E-state index is 5.95. The number of guanidine groups is 1. The van der Waals surface area contributed by atoms with Crippen LogP contribution in [0.1, 0.15) is 38.3 Å². The predicted octanol–water partition coefficient (Wildman–Crippen LogP) is 2.11. The lowest BCUT2D eigenvalue weighted by molar-refractivity contribution is 0.0376. The van der Waals surface area contributed by atoms with Gasteiger partial charge in [-0.15, -0.1) is 0 Å². The van der Waals surface area contributed by atoms with E-state index in [1.54, 1.807) is 0 Å². The number of nitrogens with zero attached hydrogens (tertiary/aromatic N) is 2. The zero-order valence-corrected chi connectivity index (χ0v) is 15.3. The number of hydrogen-bond donors (Lipinski definition) is 2. The van der Waals surface area contributed by atoms with Crippen LogP contribution >= 0.6 is 0 Å². The molecule has 0 aliphatic carbocycles. The van der Waals surface area contributed by atoms with Crippen LogP contribution in [0.2, 0.25) is 0 Å². The Kier molecular flexibility index (Phi) is 7.06. The highest BCUT2D eigenvalue weighted by atomic mass is 16.5. The highest BCUT2D eigenvalue weighted by molar-refractivity contribution is 5.77. The molecule has 1 saturated heterocycles. The van der Waals surface area contributed by atoms with Gasteiger partial charge in [0.2, 0.25) is 0 Å². The van der Waals surface area contributed by atoms with E-state index in [0.717, 1.165) is 45.8 Å². The smallest absolute Gasteiger partial charge is 0.188 e. The first kappa shape index (κ1) is 18.7. The summed E-state index contributed by atoms with van der Waals surface area (Å²) in [7, 11) is 0. The molecule has 1 aliphatic rings. The largest absolute Gasteiger partial charge is 0.379 e. The number of nitrogens with two attached hydrogens (primary N) is 1. The van der Waals surface area contributed by atoms with Crippen LogP contribution in [0.5, 0.6) is 0 Å². The average molecular weight is 332 g/mol. The Bertz CT molecular complexity index is 513. The van der Waals surface area contributed by atoms with Gasteiger partial charge < -0.3 is 15.8 Å². The van der Waals surface area contributed by atoms with Gasteiger partial charge in [-0.05, 0) is 29.5 Å². The number of ether oxygens (including phenoxy) is 1. The maximum absolute atomic E-state index is 5.95. The molecule has 0 saturated carbocycles. The summed E-state index contributed by atoms with van der Waals surface area (Å²) in [5.41, 5.74) is 8.65. The minimum absolute atomic E-state index is 0.183. The number of hydrogen-bond acceptors (Lipinski definition) is 3. The molecule has 0 radical (unpaired) electrons. The Hall–Kier alpha value is -1.59. The number of aliphatic imine (C=N–C) groups is 1. The number of morpholine rings is 1. The Morgan fingerprint density at radius 1 is 1.21 bits per heavy atom. The van der Waals surface area contributed by atoms with E-state index >= 15 is 0 Å². The number of rotatable bonds is 6. The minimum atomic E-state index is 0.183. The van der Waals surface area contributed by atoms with Gasteiger partial charge in [-0.25, -0.2) is 4.99 Å². The molecule has 5 nitrogen and oxygen atoms in total. The molecular weight excluding hydrogens is 300 g/mol. The first-order valence-electron chi connectivity index (χ1n) is 8.88. The molecule has 5 heteroatoms. The van der Waals surface area contributed by atoms with E-state index in [1.807, 2.05) is 0 Å². The van der Waals surface area contributed by atoms with E-state index in [4.69, 9.17) is 10.5 Å². The van der Waals surface area contributed by atoms with Gasteiger partial charge in [0, 0.05) is 19.6 Å². The van der Waals surface area contributed by atoms with Crippen molar-refractivity contribution in [1.82, 2.24) is 10.2 Å². The predicted molar refractivity (Wildman–Crippen MR) is 100 cm³/mol. The van der Waals surface area contributed by atoms with Crippen LogP contribution in [-0.2, 0) is 16.7 Å². The third-order valence-corrected chi connectivity index (χ3v) is 4.31. The van der Waals surface area contributed by atoms with Gasteiger partial charge in [0.05, 0.1) is 19.8 Å². The van der Waals surface area contributed by atoms with Gasteiger partial charge in [-0.1, -0.05) is 45.0 Å². The zero-order chi connectivity index (χ0) is 17.4. The van der Waals surface area contributed by atoms with E-state index in [1.165, 1.54) is 11.1 Å². The van der Waals surface area contributed by atoms with E-state index in [9.17, 15) is 0 Å². The molecule has 0 aromatic heterocycles. The van der Waals surface area contributed by atoms with Gasteiger partial charge in [0.1, 0.15) is 0 Å². The van der Waals surface area contributed by atoms with Crippen LogP contribution < -0.4 is 11.1 Å². The normalized spacial score (nSPS) is 17.0. The van der Waals surface area contributed by atoms with Crippen LogP contribution in [-0.4, -0.2) is 50.3 Å². The molecule has 1 aromatic carbocycles. The van der Waals surface area contributed by atoms with Crippen molar-refractivity contribution in [1.29, 1.82) is 0 Å². The van der Waals surface area contributed by atoms with Crippen molar-refractivity contribution in [2.24, 2.45) is 10.7 Å². The fourth-order valence-electron chi connectivity index (χ4n) is 2.69. The monoisotopic (exact) mass is 332 g/mol. The number of benzene rings is 1. The van der Waals surface area contributed by atoms with Crippen molar-refractivity contribution < 1.29 is 4.74 Å². The van der Waals surface area contributed by atoms with Gasteiger partial charge >= 0.3 is 0 Å². The molecule has 3 N–H and O–H groups in total. The lowest BCUT2D eigenvalue weighted by atomic mass is 9.87. The first-order valence-corrected chi connectivity index (χ1v) is 8.88. The zero-order valence-electron chi connectivity index (χ0n) is 15.3. The van der Waals surface area contributed by atoms with Crippen LogP contribution in [0.15, 0.2) is 29.3 Å². The Morgan fingerprint density at radius 2 is 1.88 bits per heavy atom. The summed E-state index contributed by atoms with van der Waals surface area (Å²) in [6.07, 6.45) is 1.07. The Balaban J connectivity index is 1.67. The second-order valence-electron chi connectivity index (χ2n) is 7.38. The third-order valence-electron chi connectivity index (χ3n) is 4.31. The van der Waals surface area contributed by atoms with Crippen molar-refractivity contribution in [3.05, 3.63) is 35.4 Å². The van der Waals surface area contributed by atoms with Gasteiger partial charge in [0.15, 0.2) is 5.96 Å². The Labute approximate surface area is 146 Å². The molecule has 0 bridgehead atoms. The average Bonchev–Trinajstić information content (AvgIpc) is 2.57. The minimum Gasteiger partial charge on any atom is -0.379 e. The van der Waals surface area contributed by atoms with Crippen molar-refractivity contribution in [2.45, 2.75) is 39.2 Å².